The summed E-state index contributed by atoms with van der Waals surface area (Å²) in [6, 6.07) is 10.2. The van der Waals surface area contributed by atoms with E-state index in [0.717, 1.165) is 53.8 Å². The second-order valence-corrected chi connectivity index (χ2v) is 8.64. The van der Waals surface area contributed by atoms with Crippen molar-refractivity contribution < 1.29 is 85.2 Å². The Morgan fingerprint density at radius 2 is 1.79 bits per heavy atom. The Kier molecular flexibility index (Phi) is 10.6. The van der Waals surface area contributed by atoms with Gasteiger partial charge in [0.15, 0.2) is 5.71 Å². The molecule has 1 aliphatic heterocycles. The van der Waals surface area contributed by atoms with Gasteiger partial charge in [0, 0.05) is 47.7 Å². The molecule has 0 aromatic heterocycles. The molecule has 2 aromatic carbocycles. The summed E-state index contributed by atoms with van der Waals surface area (Å²) in [4.78, 5) is 0.804. The van der Waals surface area contributed by atoms with Gasteiger partial charge in [0.05, 0.1) is 17.5 Å². The van der Waals surface area contributed by atoms with E-state index in [0.29, 0.717) is 5.75 Å². The Bertz CT molecular complexity index is 877. The van der Waals surface area contributed by atoms with E-state index in [1.165, 1.54) is 22.3 Å². The van der Waals surface area contributed by atoms with Gasteiger partial charge in [-0.15, -0.1) is 0 Å². The van der Waals surface area contributed by atoms with Crippen LogP contribution in [0.3, 0.4) is 0 Å². The van der Waals surface area contributed by atoms with E-state index in [1.54, 1.807) is 0 Å². The summed E-state index contributed by atoms with van der Waals surface area (Å²) in [6.45, 7) is 7.56. The number of nitrogens with zero attached hydrogens (tertiary/aromatic N) is 1. The SMILES string of the molecule is CC1=[N+](CCCCSOO[O-])c2ccc3cc(SOO[O-])ccc3c2C1(C)C.[K+]. The monoisotopic (exact) mass is 463 g/mol. The molecule has 0 spiro atoms. The van der Waals surface area contributed by atoms with Gasteiger partial charge in [-0.3, -0.25) is 10.1 Å². The zero-order valence-corrected chi connectivity index (χ0v) is 21.7. The minimum absolute atomic E-state index is 0. The number of unbranched alkanes of at least 4 members (excludes halogenated alkanes) is 1. The minimum Gasteiger partial charge on any atom is -0.691 e. The summed E-state index contributed by atoms with van der Waals surface area (Å²) in [7, 11) is 0. The topological polar surface area (TPSA) is 86.1 Å². The smallest absolute Gasteiger partial charge is 0.691 e. The van der Waals surface area contributed by atoms with Crippen LogP contribution in [0.2, 0.25) is 0 Å². The molecule has 1 aliphatic rings. The van der Waals surface area contributed by atoms with E-state index in [9.17, 15) is 10.5 Å². The van der Waals surface area contributed by atoms with Gasteiger partial charge >= 0.3 is 51.4 Å². The molecule has 0 saturated heterocycles. The van der Waals surface area contributed by atoms with Crippen molar-refractivity contribution in [1.29, 1.82) is 0 Å². The zero-order valence-electron chi connectivity index (χ0n) is 16.9. The molecule has 0 atom stereocenters. The molecule has 10 heteroatoms. The zero-order chi connectivity index (χ0) is 20.1. The summed E-state index contributed by atoms with van der Waals surface area (Å²) < 4.78 is 11.1. The van der Waals surface area contributed by atoms with Crippen LogP contribution < -0.4 is 61.9 Å². The van der Waals surface area contributed by atoms with Crippen molar-refractivity contribution in [2.75, 3.05) is 12.3 Å². The Morgan fingerprint density at radius 3 is 2.52 bits per heavy atom. The Labute approximate surface area is 221 Å². The van der Waals surface area contributed by atoms with Crippen LogP contribution in [0.25, 0.3) is 10.8 Å². The molecule has 0 unspecified atom stereocenters. The van der Waals surface area contributed by atoms with Gasteiger partial charge in [-0.1, -0.05) is 6.07 Å². The third-order valence-electron chi connectivity index (χ3n) is 5.29. The van der Waals surface area contributed by atoms with Gasteiger partial charge in [0.1, 0.15) is 6.54 Å². The fourth-order valence-electron chi connectivity index (χ4n) is 3.75. The quantitative estimate of drug-likeness (QED) is 0.123. The van der Waals surface area contributed by atoms with E-state index >= 15 is 0 Å². The van der Waals surface area contributed by atoms with Crippen molar-refractivity contribution in [3.63, 3.8) is 0 Å². The summed E-state index contributed by atoms with van der Waals surface area (Å²) >= 11 is 1.93. The van der Waals surface area contributed by atoms with Crippen molar-refractivity contribution in [1.82, 2.24) is 0 Å². The molecular formula is C19H22KNO6S2. The van der Waals surface area contributed by atoms with E-state index in [-0.39, 0.29) is 56.8 Å². The van der Waals surface area contributed by atoms with Crippen LogP contribution in [0, 0.1) is 0 Å². The maximum atomic E-state index is 10.1. The second-order valence-electron chi connectivity index (χ2n) is 7.09. The Morgan fingerprint density at radius 1 is 1.03 bits per heavy atom. The standard InChI is InChI=1S/C19H23NO6S2.K/c1-13-19(2,3)18-16-8-7-15(28-26-24-22)12-14(16)6-9-17(18)20(13)10-4-5-11-27-25-23-21;/h6-9,12H,4-5,10-11H2,1-3H3,(H-,21,22);/q;+1/p-1. The first-order valence-electron chi connectivity index (χ1n) is 8.90. The van der Waals surface area contributed by atoms with Crippen molar-refractivity contribution >= 4 is 46.3 Å². The van der Waals surface area contributed by atoms with E-state index in [2.05, 4.69) is 62.3 Å². The van der Waals surface area contributed by atoms with Crippen LogP contribution in [0.5, 0.6) is 0 Å². The molecule has 152 valence electrons. The molecule has 0 N–H and O–H groups in total. The largest absolute Gasteiger partial charge is 1.00 e. The van der Waals surface area contributed by atoms with Crippen LogP contribution in [0.15, 0.2) is 35.2 Å². The average Bonchev–Trinajstić information content (AvgIpc) is 2.89. The fourth-order valence-corrected chi connectivity index (χ4v) is 4.59. The molecule has 0 saturated carbocycles. The summed E-state index contributed by atoms with van der Waals surface area (Å²) in [5, 5.41) is 28.9. The molecule has 2 aromatic rings. The van der Waals surface area contributed by atoms with Gasteiger partial charge in [-0.25, -0.2) is 0 Å². The third kappa shape index (κ3) is 5.83. The molecule has 7 nitrogen and oxygen atoms in total. The molecule has 0 amide bonds. The Hall–Kier alpha value is 0.466. The predicted molar refractivity (Wildman–Crippen MR) is 104 cm³/mol. The maximum absolute atomic E-state index is 10.1. The molecular weight excluding hydrogens is 441 g/mol. The number of hydrogen-bond acceptors (Lipinski definition) is 8. The summed E-state index contributed by atoms with van der Waals surface area (Å²) in [5.74, 6) is 0.707. The second kappa shape index (κ2) is 11.9. The average molecular weight is 464 g/mol. The first-order chi connectivity index (χ1) is 13.5. The number of rotatable bonds is 10. The number of benzene rings is 2. The number of hydrogen-bond donors (Lipinski definition) is 0. The molecule has 3 rings (SSSR count). The molecule has 0 radical (unpaired) electrons. The Balaban J connectivity index is 0.00000300. The van der Waals surface area contributed by atoms with Gasteiger partial charge in [0.2, 0.25) is 5.69 Å². The molecule has 29 heavy (non-hydrogen) atoms. The van der Waals surface area contributed by atoms with E-state index in [4.69, 9.17) is 0 Å². The van der Waals surface area contributed by atoms with Crippen LogP contribution in [-0.2, 0) is 24.2 Å². The van der Waals surface area contributed by atoms with Gasteiger partial charge < -0.3 is 10.5 Å². The molecule has 0 aliphatic carbocycles. The van der Waals surface area contributed by atoms with Crippen LogP contribution >= 0.6 is 24.1 Å². The van der Waals surface area contributed by atoms with Crippen LogP contribution in [0.1, 0.15) is 39.2 Å². The van der Waals surface area contributed by atoms with E-state index in [1.807, 2.05) is 12.1 Å². The number of fused-ring (bicyclic) bond motifs is 3. The molecule has 0 bridgehead atoms. The predicted octanol–water partition coefficient (Wildman–Crippen LogP) is 0.122. The fraction of sp³-hybridized carbons (Fsp3) is 0.421. The first-order valence-corrected chi connectivity index (χ1v) is 10.6. The van der Waals surface area contributed by atoms with E-state index < -0.39 is 0 Å². The van der Waals surface area contributed by atoms with Crippen LogP contribution in [-0.4, -0.2) is 22.6 Å². The maximum Gasteiger partial charge on any atom is 1.00 e. The molecule has 0 fully saturated rings. The van der Waals surface area contributed by atoms with Crippen LogP contribution in [0.4, 0.5) is 5.69 Å². The normalized spacial score (nSPS) is 14.9. The van der Waals surface area contributed by atoms with Gasteiger partial charge in [-0.05, 0) is 49.2 Å². The van der Waals surface area contributed by atoms with Gasteiger partial charge in [-0.2, -0.15) is 13.2 Å². The molecule has 1 heterocycles. The summed E-state index contributed by atoms with van der Waals surface area (Å²) in [6.07, 6.45) is 1.89. The van der Waals surface area contributed by atoms with Crippen molar-refractivity contribution in [3.8, 4) is 0 Å². The van der Waals surface area contributed by atoms with Gasteiger partial charge in [0.25, 0.3) is 0 Å². The third-order valence-corrected chi connectivity index (χ3v) is 6.46. The minimum atomic E-state index is -0.0909. The van der Waals surface area contributed by atoms with Crippen molar-refractivity contribution in [2.45, 2.75) is 43.9 Å². The first kappa shape index (κ1) is 25.7. The summed E-state index contributed by atoms with van der Waals surface area (Å²) in [5.41, 5.74) is 3.74. The van der Waals surface area contributed by atoms with Crippen molar-refractivity contribution in [3.05, 3.63) is 35.9 Å². The van der Waals surface area contributed by atoms with Crippen molar-refractivity contribution in [2.24, 2.45) is 0 Å².